The molecule has 2 heterocycles. The zero-order chi connectivity index (χ0) is 21.8. The van der Waals surface area contributed by atoms with Crippen molar-refractivity contribution in [1.82, 2.24) is 15.0 Å². The highest BCUT2D eigenvalue weighted by Crippen LogP contribution is 2.23. The highest BCUT2D eigenvalue weighted by molar-refractivity contribution is 5.94. The highest BCUT2D eigenvalue weighted by atomic mass is 16.5. The van der Waals surface area contributed by atoms with Crippen molar-refractivity contribution >= 4 is 11.8 Å². The van der Waals surface area contributed by atoms with Crippen LogP contribution in [0.5, 0.6) is 5.75 Å². The van der Waals surface area contributed by atoms with Crippen molar-refractivity contribution in [2.45, 2.75) is 65.6 Å². The molecule has 1 aromatic carbocycles. The number of benzene rings is 1. The Balaban J connectivity index is 1.56. The molecular formula is C23H31N3O4. The van der Waals surface area contributed by atoms with E-state index < -0.39 is 0 Å². The molecule has 0 aliphatic carbocycles. The summed E-state index contributed by atoms with van der Waals surface area (Å²) in [5, 5.41) is 3.93. The summed E-state index contributed by atoms with van der Waals surface area (Å²) in [4.78, 5) is 28.9. The largest absolute Gasteiger partial charge is 0.484 e. The second-order valence-corrected chi connectivity index (χ2v) is 8.21. The average Bonchev–Trinajstić information content (AvgIpc) is 3.04. The third-order valence-corrected chi connectivity index (χ3v) is 5.87. The predicted molar refractivity (Wildman–Crippen MR) is 113 cm³/mol. The van der Waals surface area contributed by atoms with Gasteiger partial charge in [-0.05, 0) is 71.2 Å². The molecule has 1 fully saturated rings. The second-order valence-electron chi connectivity index (χ2n) is 8.21. The lowest BCUT2D eigenvalue weighted by Gasteiger charge is -2.38. The molecule has 0 bridgehead atoms. The van der Waals surface area contributed by atoms with Crippen LogP contribution in [0, 0.1) is 13.8 Å². The van der Waals surface area contributed by atoms with Gasteiger partial charge in [0.05, 0.1) is 12.2 Å². The molecule has 30 heavy (non-hydrogen) atoms. The van der Waals surface area contributed by atoms with Crippen LogP contribution in [0.4, 0.5) is 0 Å². The van der Waals surface area contributed by atoms with Gasteiger partial charge in [-0.15, -0.1) is 0 Å². The fraction of sp³-hybridized carbons (Fsp3) is 0.522. The van der Waals surface area contributed by atoms with E-state index in [0.29, 0.717) is 17.9 Å². The van der Waals surface area contributed by atoms with Gasteiger partial charge < -0.3 is 19.1 Å². The lowest BCUT2D eigenvalue weighted by Crippen LogP contribution is -2.49. The van der Waals surface area contributed by atoms with Crippen LogP contribution in [-0.4, -0.2) is 52.5 Å². The molecule has 0 N–H and O–H groups in total. The first-order valence-corrected chi connectivity index (χ1v) is 10.5. The van der Waals surface area contributed by atoms with Gasteiger partial charge in [-0.1, -0.05) is 5.16 Å². The number of carbonyl (C=O) groups excluding carboxylic acids is 2. The molecule has 7 heteroatoms. The van der Waals surface area contributed by atoms with Crippen molar-refractivity contribution in [1.29, 1.82) is 0 Å². The zero-order valence-corrected chi connectivity index (χ0v) is 18.5. The minimum Gasteiger partial charge on any atom is -0.484 e. The molecule has 2 aromatic rings. The maximum atomic E-state index is 12.7. The van der Waals surface area contributed by atoms with Gasteiger partial charge in [0.15, 0.2) is 6.61 Å². The first-order chi connectivity index (χ1) is 14.3. The Hall–Kier alpha value is -2.83. The third kappa shape index (κ3) is 4.83. The van der Waals surface area contributed by atoms with E-state index in [1.54, 1.807) is 36.2 Å². The Morgan fingerprint density at radius 1 is 1.17 bits per heavy atom. The van der Waals surface area contributed by atoms with Crippen molar-refractivity contribution in [2.75, 3.05) is 13.7 Å². The minimum atomic E-state index is -0.103. The number of carbonyl (C=O) groups is 2. The number of aromatic nitrogens is 1. The smallest absolute Gasteiger partial charge is 0.260 e. The van der Waals surface area contributed by atoms with Gasteiger partial charge in [-0.2, -0.15) is 0 Å². The summed E-state index contributed by atoms with van der Waals surface area (Å²) in [5.74, 6) is 1.20. The first-order valence-electron chi connectivity index (χ1n) is 10.5. The van der Waals surface area contributed by atoms with Crippen molar-refractivity contribution in [3.05, 3.63) is 46.8 Å². The summed E-state index contributed by atoms with van der Waals surface area (Å²) in [6, 6.07) is 7.40. The van der Waals surface area contributed by atoms with Gasteiger partial charge in [0.2, 0.25) is 0 Å². The van der Waals surface area contributed by atoms with Gasteiger partial charge in [-0.25, -0.2) is 0 Å². The molecule has 162 valence electrons. The van der Waals surface area contributed by atoms with Crippen LogP contribution in [0.3, 0.4) is 0 Å². The summed E-state index contributed by atoms with van der Waals surface area (Å²) in [7, 11) is 1.75. The molecule has 1 saturated heterocycles. The van der Waals surface area contributed by atoms with Crippen LogP contribution in [0.2, 0.25) is 0 Å². The number of likely N-dealkylation sites (tertiary alicyclic amines) is 1. The normalized spacial score (nSPS) is 18.9. The van der Waals surface area contributed by atoms with E-state index in [4.69, 9.17) is 9.26 Å². The van der Waals surface area contributed by atoms with Gasteiger partial charge >= 0.3 is 0 Å². The molecular weight excluding hydrogens is 382 g/mol. The van der Waals surface area contributed by atoms with Crippen LogP contribution in [0.25, 0.3) is 0 Å². The number of piperidine rings is 1. The number of nitrogens with zero attached hydrogens (tertiary/aromatic N) is 3. The average molecular weight is 414 g/mol. The van der Waals surface area contributed by atoms with Crippen molar-refractivity contribution in [2.24, 2.45) is 0 Å². The van der Waals surface area contributed by atoms with Gasteiger partial charge in [0.1, 0.15) is 11.5 Å². The van der Waals surface area contributed by atoms with Crippen LogP contribution in [-0.2, 0) is 11.3 Å². The standard InChI is InChI=1S/C23H31N3O4/c1-15-7-6-8-16(2)26(15)22(27)14-29-20-11-9-19(10-12-20)23(28)25(5)13-21-17(3)24-30-18(21)4/h9-12,15-16H,6-8,13-14H2,1-5H3. The Morgan fingerprint density at radius 3 is 2.37 bits per heavy atom. The summed E-state index contributed by atoms with van der Waals surface area (Å²) >= 11 is 0. The Labute approximate surface area is 178 Å². The lowest BCUT2D eigenvalue weighted by atomic mass is 9.97. The number of hydrogen-bond donors (Lipinski definition) is 0. The molecule has 0 spiro atoms. The van der Waals surface area contributed by atoms with E-state index in [0.717, 1.165) is 36.3 Å². The molecule has 1 aliphatic heterocycles. The number of hydrogen-bond acceptors (Lipinski definition) is 5. The fourth-order valence-corrected chi connectivity index (χ4v) is 4.08. The zero-order valence-electron chi connectivity index (χ0n) is 18.5. The molecule has 1 aliphatic rings. The molecule has 3 rings (SSSR count). The maximum Gasteiger partial charge on any atom is 0.260 e. The molecule has 1 aromatic heterocycles. The van der Waals surface area contributed by atoms with Crippen LogP contribution >= 0.6 is 0 Å². The Kier molecular flexibility index (Phi) is 6.80. The lowest BCUT2D eigenvalue weighted by molar-refractivity contribution is -0.139. The molecule has 2 atom stereocenters. The monoisotopic (exact) mass is 413 g/mol. The molecule has 2 amide bonds. The molecule has 0 saturated carbocycles. The van der Waals surface area contributed by atoms with Gasteiger partial charge in [0, 0.05) is 30.3 Å². The third-order valence-electron chi connectivity index (χ3n) is 5.87. The van der Waals surface area contributed by atoms with E-state index in [2.05, 4.69) is 19.0 Å². The van der Waals surface area contributed by atoms with Crippen LogP contribution in [0.15, 0.2) is 28.8 Å². The summed E-state index contributed by atoms with van der Waals surface area (Å²) < 4.78 is 10.9. The van der Waals surface area contributed by atoms with Crippen LogP contribution < -0.4 is 4.74 Å². The van der Waals surface area contributed by atoms with E-state index in [-0.39, 0.29) is 30.5 Å². The number of ether oxygens (including phenoxy) is 1. The maximum absolute atomic E-state index is 12.7. The summed E-state index contributed by atoms with van der Waals surface area (Å²) in [6.45, 7) is 8.32. The summed E-state index contributed by atoms with van der Waals surface area (Å²) in [6.07, 6.45) is 3.23. The number of amides is 2. The number of rotatable bonds is 6. The van der Waals surface area contributed by atoms with Gasteiger partial charge in [0.25, 0.3) is 11.8 Å². The van der Waals surface area contributed by atoms with E-state index in [9.17, 15) is 9.59 Å². The topological polar surface area (TPSA) is 75.9 Å². The predicted octanol–water partition coefficient (Wildman–Crippen LogP) is 3.73. The Bertz CT molecular complexity index is 861. The van der Waals surface area contributed by atoms with E-state index >= 15 is 0 Å². The quantitative estimate of drug-likeness (QED) is 0.721. The van der Waals surface area contributed by atoms with Crippen molar-refractivity contribution < 1.29 is 18.8 Å². The molecule has 2 unspecified atom stereocenters. The minimum absolute atomic E-state index is 0.00786. The highest BCUT2D eigenvalue weighted by Gasteiger charge is 2.29. The Morgan fingerprint density at radius 2 is 1.80 bits per heavy atom. The van der Waals surface area contributed by atoms with E-state index in [1.807, 2.05) is 18.7 Å². The molecule has 7 nitrogen and oxygen atoms in total. The fourth-order valence-electron chi connectivity index (χ4n) is 4.08. The molecule has 0 radical (unpaired) electrons. The van der Waals surface area contributed by atoms with Crippen molar-refractivity contribution in [3.8, 4) is 5.75 Å². The number of aryl methyl sites for hydroxylation is 2. The second kappa shape index (κ2) is 9.32. The summed E-state index contributed by atoms with van der Waals surface area (Å²) in [5.41, 5.74) is 2.27. The van der Waals surface area contributed by atoms with Crippen molar-refractivity contribution in [3.63, 3.8) is 0 Å². The van der Waals surface area contributed by atoms with Gasteiger partial charge in [-0.3, -0.25) is 9.59 Å². The van der Waals surface area contributed by atoms with E-state index in [1.165, 1.54) is 0 Å². The SMILES string of the molecule is Cc1noc(C)c1CN(C)C(=O)c1ccc(OCC(=O)N2C(C)CCCC2C)cc1. The van der Waals surface area contributed by atoms with Crippen LogP contribution in [0.1, 0.15) is 60.5 Å². The first kappa shape index (κ1) is 21.9.